The topological polar surface area (TPSA) is 126 Å². The number of aryl methyl sites for hydroxylation is 1. The van der Waals surface area contributed by atoms with E-state index >= 15 is 0 Å². The average Bonchev–Trinajstić information content (AvgIpc) is 2.79. The number of amides is 1. The van der Waals surface area contributed by atoms with E-state index in [1.54, 1.807) is 31.4 Å². The van der Waals surface area contributed by atoms with Crippen molar-refractivity contribution in [1.82, 2.24) is 5.32 Å². The van der Waals surface area contributed by atoms with Crippen LogP contribution in [0.15, 0.2) is 36.4 Å². The van der Waals surface area contributed by atoms with Crippen LogP contribution in [0.3, 0.4) is 0 Å². The van der Waals surface area contributed by atoms with E-state index in [4.69, 9.17) is 9.47 Å². The van der Waals surface area contributed by atoms with Crippen molar-refractivity contribution in [3.05, 3.63) is 47.5 Å². The van der Waals surface area contributed by atoms with E-state index in [2.05, 4.69) is 22.3 Å². The summed E-state index contributed by atoms with van der Waals surface area (Å²) in [5, 5.41) is 16.5. The normalized spacial score (nSPS) is 15.1. The minimum absolute atomic E-state index is 0.0531. The highest BCUT2D eigenvalue weighted by Gasteiger charge is 2.23. The molecule has 10 heteroatoms. The predicted molar refractivity (Wildman–Crippen MR) is 132 cm³/mol. The fourth-order valence-corrected chi connectivity index (χ4v) is 4.32. The van der Waals surface area contributed by atoms with Gasteiger partial charge in [0.25, 0.3) is 0 Å². The number of ether oxygens (including phenoxy) is 2. The van der Waals surface area contributed by atoms with Gasteiger partial charge in [0.2, 0.25) is 15.9 Å². The maximum Gasteiger partial charge on any atom is 0.229 e. The summed E-state index contributed by atoms with van der Waals surface area (Å²) in [6, 6.07) is 11.0. The Kier molecular flexibility index (Phi) is 8.76. The molecule has 2 aromatic carbocycles. The smallest absolute Gasteiger partial charge is 0.229 e. The van der Waals surface area contributed by atoms with Crippen LogP contribution in [-0.2, 0) is 27.7 Å². The van der Waals surface area contributed by atoms with Gasteiger partial charge >= 0.3 is 0 Å². The minimum atomic E-state index is -3.28. The molecule has 3 rings (SSSR count). The van der Waals surface area contributed by atoms with Crippen LogP contribution in [0.4, 0.5) is 11.4 Å². The zero-order valence-electron chi connectivity index (χ0n) is 19.8. The van der Waals surface area contributed by atoms with Crippen LogP contribution in [0.25, 0.3) is 0 Å². The fraction of sp³-hybridized carbons (Fsp3) is 0.458. The lowest BCUT2D eigenvalue weighted by atomic mass is 10.0. The molecule has 0 bridgehead atoms. The molecule has 186 valence electrons. The molecule has 1 aliphatic rings. The van der Waals surface area contributed by atoms with Gasteiger partial charge in [-0.1, -0.05) is 12.1 Å². The summed E-state index contributed by atoms with van der Waals surface area (Å²) in [6.45, 7) is 2.56. The standard InChI is InChI=1S/C24H33N3O6S/c1-16(4-5-17-6-8-18(9-7-17)27-34(3,30)31)25-14-19(28)15-33-21-11-12-22(32-2)24-20(21)10-13-23(29)26-24/h6-9,11-12,16,19,25,27-28H,4-5,10,13-15H2,1-3H3,(H,26,29). The summed E-state index contributed by atoms with van der Waals surface area (Å²) in [5.74, 6) is 1.17. The van der Waals surface area contributed by atoms with Crippen molar-refractivity contribution in [1.29, 1.82) is 0 Å². The molecule has 2 atom stereocenters. The van der Waals surface area contributed by atoms with Gasteiger partial charge in [-0.2, -0.15) is 0 Å². The quantitative estimate of drug-likeness (QED) is 0.359. The average molecular weight is 492 g/mol. The molecule has 0 radical (unpaired) electrons. The molecule has 2 aromatic rings. The zero-order chi connectivity index (χ0) is 24.7. The second-order valence-corrected chi connectivity index (χ2v) is 10.3. The van der Waals surface area contributed by atoms with Crippen molar-refractivity contribution in [2.24, 2.45) is 0 Å². The molecule has 0 saturated carbocycles. The molecule has 1 heterocycles. The van der Waals surface area contributed by atoms with Crippen molar-refractivity contribution >= 4 is 27.3 Å². The number of hydrogen-bond donors (Lipinski definition) is 4. The van der Waals surface area contributed by atoms with E-state index in [0.29, 0.717) is 42.3 Å². The lowest BCUT2D eigenvalue weighted by Gasteiger charge is -2.23. The molecule has 0 fully saturated rings. The Morgan fingerprint density at radius 2 is 1.82 bits per heavy atom. The van der Waals surface area contributed by atoms with E-state index in [1.807, 2.05) is 12.1 Å². The molecule has 0 aliphatic carbocycles. The number of carbonyl (C=O) groups excluding carboxylic acids is 1. The number of anilines is 2. The van der Waals surface area contributed by atoms with Crippen LogP contribution in [0, 0.1) is 0 Å². The van der Waals surface area contributed by atoms with E-state index in [-0.39, 0.29) is 18.6 Å². The first-order valence-electron chi connectivity index (χ1n) is 11.3. The Bertz CT molecular complexity index is 1090. The number of aliphatic hydroxyl groups excluding tert-OH is 1. The molecule has 9 nitrogen and oxygen atoms in total. The number of rotatable bonds is 12. The zero-order valence-corrected chi connectivity index (χ0v) is 20.6. The van der Waals surface area contributed by atoms with Crippen LogP contribution in [0.5, 0.6) is 11.5 Å². The van der Waals surface area contributed by atoms with E-state index in [1.165, 1.54) is 0 Å². The Labute approximate surface area is 200 Å². The van der Waals surface area contributed by atoms with Gasteiger partial charge < -0.3 is 25.2 Å². The molecule has 1 amide bonds. The van der Waals surface area contributed by atoms with E-state index in [9.17, 15) is 18.3 Å². The predicted octanol–water partition coefficient (Wildman–Crippen LogP) is 2.30. The summed E-state index contributed by atoms with van der Waals surface area (Å²) < 4.78 is 36.2. The van der Waals surface area contributed by atoms with Gasteiger partial charge in [-0.25, -0.2) is 8.42 Å². The first-order chi connectivity index (χ1) is 16.1. The summed E-state index contributed by atoms with van der Waals surface area (Å²) >= 11 is 0. The molecule has 4 N–H and O–H groups in total. The first-order valence-corrected chi connectivity index (χ1v) is 13.1. The Morgan fingerprint density at radius 3 is 2.50 bits per heavy atom. The van der Waals surface area contributed by atoms with Crippen molar-refractivity contribution in [3.8, 4) is 11.5 Å². The van der Waals surface area contributed by atoms with Crippen molar-refractivity contribution in [2.75, 3.05) is 36.6 Å². The third-order valence-electron chi connectivity index (χ3n) is 5.57. The minimum Gasteiger partial charge on any atom is -0.495 e. The molecule has 1 aliphatic heterocycles. The second kappa shape index (κ2) is 11.5. The number of benzene rings is 2. The monoisotopic (exact) mass is 491 g/mol. The summed E-state index contributed by atoms with van der Waals surface area (Å²) in [7, 11) is -1.73. The summed E-state index contributed by atoms with van der Waals surface area (Å²) in [6.07, 6.45) is 3.05. The van der Waals surface area contributed by atoms with E-state index < -0.39 is 16.1 Å². The van der Waals surface area contributed by atoms with Gasteiger partial charge in [0, 0.05) is 30.3 Å². The molecule has 0 spiro atoms. The highest BCUT2D eigenvalue weighted by Crippen LogP contribution is 2.38. The molecular formula is C24H33N3O6S. The van der Waals surface area contributed by atoms with Gasteiger partial charge in [0.15, 0.2) is 0 Å². The number of aliphatic hydroxyl groups is 1. The Balaban J connectivity index is 1.42. The van der Waals surface area contributed by atoms with Gasteiger partial charge in [-0.15, -0.1) is 0 Å². The molecule has 2 unspecified atom stereocenters. The van der Waals surface area contributed by atoms with Crippen LogP contribution in [0.1, 0.15) is 30.9 Å². The summed E-state index contributed by atoms with van der Waals surface area (Å²) in [4.78, 5) is 11.7. The number of nitrogens with one attached hydrogen (secondary N) is 3. The Morgan fingerprint density at radius 1 is 1.12 bits per heavy atom. The van der Waals surface area contributed by atoms with Gasteiger partial charge in [-0.3, -0.25) is 9.52 Å². The van der Waals surface area contributed by atoms with Crippen LogP contribution in [0.2, 0.25) is 0 Å². The number of hydrogen-bond acceptors (Lipinski definition) is 7. The number of carbonyl (C=O) groups is 1. The highest BCUT2D eigenvalue weighted by atomic mass is 32.2. The molecule has 0 saturated heterocycles. The molecule has 0 aromatic heterocycles. The summed E-state index contributed by atoms with van der Waals surface area (Å²) in [5.41, 5.74) is 3.16. The number of methoxy groups -OCH3 is 1. The van der Waals surface area contributed by atoms with E-state index in [0.717, 1.165) is 30.2 Å². The van der Waals surface area contributed by atoms with Crippen LogP contribution < -0.4 is 24.8 Å². The third kappa shape index (κ3) is 7.61. The van der Waals surface area contributed by atoms with Gasteiger partial charge in [-0.05, 0) is 56.0 Å². The lowest BCUT2D eigenvalue weighted by Crippen LogP contribution is -2.37. The van der Waals surface area contributed by atoms with Crippen molar-refractivity contribution in [2.45, 2.75) is 44.8 Å². The Hall–Kier alpha value is -2.82. The largest absolute Gasteiger partial charge is 0.495 e. The van der Waals surface area contributed by atoms with Gasteiger partial charge in [0.05, 0.1) is 19.1 Å². The van der Waals surface area contributed by atoms with Crippen LogP contribution in [-0.4, -0.2) is 58.1 Å². The lowest BCUT2D eigenvalue weighted by molar-refractivity contribution is -0.116. The third-order valence-corrected chi connectivity index (χ3v) is 6.18. The number of sulfonamides is 1. The van der Waals surface area contributed by atoms with Crippen molar-refractivity contribution < 1.29 is 27.8 Å². The maximum atomic E-state index is 11.7. The number of fused-ring (bicyclic) bond motifs is 1. The fourth-order valence-electron chi connectivity index (χ4n) is 3.76. The molecular weight excluding hydrogens is 458 g/mol. The SMILES string of the molecule is COc1ccc(OCC(O)CNC(C)CCc2ccc(NS(C)(=O)=O)cc2)c2c1NC(=O)CC2. The molecule has 34 heavy (non-hydrogen) atoms. The highest BCUT2D eigenvalue weighted by molar-refractivity contribution is 7.92. The van der Waals surface area contributed by atoms with Crippen molar-refractivity contribution in [3.63, 3.8) is 0 Å². The maximum absolute atomic E-state index is 11.7. The van der Waals surface area contributed by atoms with Crippen LogP contribution >= 0.6 is 0 Å². The first kappa shape index (κ1) is 25.8. The van der Waals surface area contributed by atoms with Gasteiger partial charge in [0.1, 0.15) is 24.2 Å². The second-order valence-electron chi connectivity index (χ2n) is 8.55.